The van der Waals surface area contributed by atoms with Gasteiger partial charge < -0.3 is 9.80 Å². The first kappa shape index (κ1) is 22.5. The summed E-state index contributed by atoms with van der Waals surface area (Å²) in [6, 6.07) is 9.10. The van der Waals surface area contributed by atoms with E-state index in [2.05, 4.69) is 32.9 Å². The molecular weight excluding hydrogens is 404 g/mol. The van der Waals surface area contributed by atoms with Crippen LogP contribution >= 0.6 is 0 Å². The maximum absolute atomic E-state index is 13.1. The van der Waals surface area contributed by atoms with Crippen LogP contribution in [-0.2, 0) is 6.54 Å². The van der Waals surface area contributed by atoms with Crippen LogP contribution in [0.4, 0.5) is 5.82 Å². The maximum atomic E-state index is 13.1. The number of hydrogen-bond acceptors (Lipinski definition) is 6. The van der Waals surface area contributed by atoms with Crippen LogP contribution in [0.3, 0.4) is 0 Å². The lowest BCUT2D eigenvalue weighted by atomic mass is 9.96. The Morgan fingerprint density at radius 3 is 2.69 bits per heavy atom. The zero-order valence-electron chi connectivity index (χ0n) is 19.0. The molecule has 0 aromatic carbocycles. The molecule has 0 spiro atoms. The van der Waals surface area contributed by atoms with Crippen molar-refractivity contribution in [2.75, 3.05) is 50.7 Å². The molecule has 2 aromatic heterocycles. The second-order valence-corrected chi connectivity index (χ2v) is 8.87. The SMILES string of the molecule is CCCCn1nc(C(=O)N2CCCC(CN3CCN(c4ccccn4)CC3)C2)ccc1=O. The number of aromatic nitrogens is 3. The molecule has 0 aliphatic carbocycles. The number of piperazine rings is 1. The number of unbranched alkanes of at least 4 members (excludes halogenated alkanes) is 1. The van der Waals surface area contributed by atoms with Crippen LogP contribution in [0.5, 0.6) is 0 Å². The van der Waals surface area contributed by atoms with Crippen molar-refractivity contribution in [2.45, 2.75) is 39.2 Å². The summed E-state index contributed by atoms with van der Waals surface area (Å²) in [5, 5.41) is 4.35. The molecule has 172 valence electrons. The van der Waals surface area contributed by atoms with E-state index in [0.717, 1.165) is 77.3 Å². The van der Waals surface area contributed by atoms with Gasteiger partial charge in [0.1, 0.15) is 11.5 Å². The summed E-state index contributed by atoms with van der Waals surface area (Å²) in [7, 11) is 0. The molecule has 2 saturated heterocycles. The van der Waals surface area contributed by atoms with Crippen LogP contribution in [-0.4, -0.2) is 76.3 Å². The molecule has 1 atom stereocenters. The number of anilines is 1. The minimum Gasteiger partial charge on any atom is -0.354 e. The van der Waals surface area contributed by atoms with Crippen molar-refractivity contribution in [2.24, 2.45) is 5.92 Å². The Hall–Kier alpha value is -2.74. The van der Waals surface area contributed by atoms with Crippen molar-refractivity contribution in [3.8, 4) is 0 Å². The number of amides is 1. The van der Waals surface area contributed by atoms with Crippen molar-refractivity contribution in [1.82, 2.24) is 24.6 Å². The average Bonchev–Trinajstić information content (AvgIpc) is 2.84. The standard InChI is InChI=1S/C24H34N6O2/c1-2-3-13-30-23(31)10-9-21(26-30)24(32)29-12-6-7-20(19-29)18-27-14-16-28(17-15-27)22-8-4-5-11-25-22/h4-5,8-11,20H,2-3,6-7,12-19H2,1H3. The van der Waals surface area contributed by atoms with E-state index in [1.807, 2.05) is 23.2 Å². The predicted octanol–water partition coefficient (Wildman–Crippen LogP) is 2.11. The Morgan fingerprint density at radius 2 is 1.94 bits per heavy atom. The van der Waals surface area contributed by atoms with Gasteiger partial charge in [-0.3, -0.25) is 14.5 Å². The second-order valence-electron chi connectivity index (χ2n) is 8.87. The zero-order chi connectivity index (χ0) is 22.3. The van der Waals surface area contributed by atoms with E-state index in [9.17, 15) is 9.59 Å². The first-order valence-electron chi connectivity index (χ1n) is 11.9. The largest absolute Gasteiger partial charge is 0.354 e. The molecule has 2 aliphatic rings. The van der Waals surface area contributed by atoms with Gasteiger partial charge in [-0.15, -0.1) is 0 Å². The molecule has 2 aromatic rings. The molecule has 0 bridgehead atoms. The average molecular weight is 439 g/mol. The number of nitrogens with zero attached hydrogens (tertiary/aromatic N) is 6. The molecule has 8 heteroatoms. The molecular formula is C24H34N6O2. The first-order chi connectivity index (χ1) is 15.6. The Balaban J connectivity index is 1.31. The molecule has 1 unspecified atom stereocenters. The number of aryl methyl sites for hydroxylation is 1. The summed E-state index contributed by atoms with van der Waals surface area (Å²) in [5.41, 5.74) is 0.238. The number of piperidine rings is 1. The summed E-state index contributed by atoms with van der Waals surface area (Å²) in [5.74, 6) is 1.47. The van der Waals surface area contributed by atoms with E-state index in [1.165, 1.54) is 10.7 Å². The van der Waals surface area contributed by atoms with Gasteiger partial charge in [0.05, 0.1) is 0 Å². The predicted molar refractivity (Wildman–Crippen MR) is 125 cm³/mol. The third-order valence-corrected chi connectivity index (χ3v) is 6.48. The van der Waals surface area contributed by atoms with Crippen LogP contribution in [0.2, 0.25) is 0 Å². The van der Waals surface area contributed by atoms with Gasteiger partial charge in [-0.2, -0.15) is 5.10 Å². The van der Waals surface area contributed by atoms with Crippen LogP contribution in [0.15, 0.2) is 41.3 Å². The van der Waals surface area contributed by atoms with E-state index in [0.29, 0.717) is 18.2 Å². The number of pyridine rings is 1. The summed E-state index contributed by atoms with van der Waals surface area (Å²) in [6.07, 6.45) is 5.87. The topological polar surface area (TPSA) is 74.6 Å². The Bertz CT molecular complexity index is 939. The number of carbonyl (C=O) groups is 1. The monoisotopic (exact) mass is 438 g/mol. The van der Waals surface area contributed by atoms with E-state index < -0.39 is 0 Å². The lowest BCUT2D eigenvalue weighted by Crippen LogP contribution is -2.50. The second kappa shape index (κ2) is 10.7. The molecule has 32 heavy (non-hydrogen) atoms. The van der Waals surface area contributed by atoms with Gasteiger partial charge in [0.2, 0.25) is 0 Å². The summed E-state index contributed by atoms with van der Waals surface area (Å²) in [6.45, 7) is 9.17. The van der Waals surface area contributed by atoms with Crippen molar-refractivity contribution in [3.63, 3.8) is 0 Å². The van der Waals surface area contributed by atoms with E-state index in [-0.39, 0.29) is 11.5 Å². The van der Waals surface area contributed by atoms with Crippen LogP contribution in [0.25, 0.3) is 0 Å². The molecule has 8 nitrogen and oxygen atoms in total. The normalized spacial score (nSPS) is 19.8. The molecule has 4 rings (SSSR count). The van der Waals surface area contributed by atoms with E-state index >= 15 is 0 Å². The van der Waals surface area contributed by atoms with Crippen LogP contribution in [0, 0.1) is 5.92 Å². The molecule has 1 amide bonds. The minimum absolute atomic E-state index is 0.0556. The number of likely N-dealkylation sites (tertiary alicyclic amines) is 1. The summed E-state index contributed by atoms with van der Waals surface area (Å²) >= 11 is 0. The molecule has 0 N–H and O–H groups in total. The van der Waals surface area contributed by atoms with Gasteiger partial charge >= 0.3 is 0 Å². The Labute approximate surface area is 189 Å². The highest BCUT2D eigenvalue weighted by Gasteiger charge is 2.28. The van der Waals surface area contributed by atoms with Gasteiger partial charge in [0.15, 0.2) is 0 Å². The highest BCUT2D eigenvalue weighted by atomic mass is 16.2. The molecule has 2 fully saturated rings. The molecule has 4 heterocycles. The third-order valence-electron chi connectivity index (χ3n) is 6.48. The molecule has 0 saturated carbocycles. The number of rotatable bonds is 7. The van der Waals surface area contributed by atoms with E-state index in [1.54, 1.807) is 6.07 Å². The minimum atomic E-state index is -0.142. The van der Waals surface area contributed by atoms with Gasteiger partial charge in [-0.05, 0) is 43.4 Å². The molecule has 2 aliphatic heterocycles. The van der Waals surface area contributed by atoms with Crippen LogP contribution in [0.1, 0.15) is 43.1 Å². The lowest BCUT2D eigenvalue weighted by Gasteiger charge is -2.39. The van der Waals surface area contributed by atoms with Crippen molar-refractivity contribution in [3.05, 3.63) is 52.6 Å². The summed E-state index contributed by atoms with van der Waals surface area (Å²) < 4.78 is 1.43. The fraction of sp³-hybridized carbons (Fsp3) is 0.583. The Morgan fingerprint density at radius 1 is 1.09 bits per heavy atom. The van der Waals surface area contributed by atoms with Crippen molar-refractivity contribution >= 4 is 11.7 Å². The van der Waals surface area contributed by atoms with Crippen molar-refractivity contribution < 1.29 is 4.79 Å². The van der Waals surface area contributed by atoms with Crippen molar-refractivity contribution in [1.29, 1.82) is 0 Å². The quantitative estimate of drug-likeness (QED) is 0.659. The van der Waals surface area contributed by atoms with Crippen LogP contribution < -0.4 is 10.5 Å². The maximum Gasteiger partial charge on any atom is 0.274 e. The van der Waals surface area contributed by atoms with Gasteiger partial charge in [-0.25, -0.2) is 9.67 Å². The van der Waals surface area contributed by atoms with Gasteiger partial charge in [-0.1, -0.05) is 19.4 Å². The van der Waals surface area contributed by atoms with Gasteiger partial charge in [0, 0.05) is 64.6 Å². The van der Waals surface area contributed by atoms with E-state index in [4.69, 9.17) is 0 Å². The fourth-order valence-electron chi connectivity index (χ4n) is 4.66. The first-order valence-corrected chi connectivity index (χ1v) is 11.9. The zero-order valence-corrected chi connectivity index (χ0v) is 19.0. The van der Waals surface area contributed by atoms with Gasteiger partial charge in [0.25, 0.3) is 11.5 Å². The number of carbonyl (C=O) groups excluding carboxylic acids is 1. The lowest BCUT2D eigenvalue weighted by molar-refractivity contribution is 0.0628. The smallest absolute Gasteiger partial charge is 0.274 e. The fourth-order valence-corrected chi connectivity index (χ4v) is 4.66. The number of hydrogen-bond donors (Lipinski definition) is 0. The molecule has 0 radical (unpaired) electrons. The highest BCUT2D eigenvalue weighted by Crippen LogP contribution is 2.21. The highest BCUT2D eigenvalue weighted by molar-refractivity contribution is 5.92. The summed E-state index contributed by atoms with van der Waals surface area (Å²) in [4.78, 5) is 36.4. The Kier molecular flexibility index (Phi) is 7.52. The third kappa shape index (κ3) is 5.54.